The van der Waals surface area contributed by atoms with Gasteiger partial charge in [0.05, 0.1) is 0 Å². The molecular formula is C9H13ClO2. The zero-order valence-electron chi connectivity index (χ0n) is 7.25. The summed E-state index contributed by atoms with van der Waals surface area (Å²) in [5.74, 6) is 0.751. The van der Waals surface area contributed by atoms with Crippen LogP contribution in [0.3, 0.4) is 0 Å². The summed E-state index contributed by atoms with van der Waals surface area (Å²) < 4.78 is 5.08. The third-order valence-electron chi connectivity index (χ3n) is 2.07. The number of halogens is 1. The van der Waals surface area contributed by atoms with Crippen molar-refractivity contribution in [2.45, 2.75) is 26.4 Å². The summed E-state index contributed by atoms with van der Waals surface area (Å²) in [4.78, 5) is 0. The van der Waals surface area contributed by atoms with Crippen molar-refractivity contribution >= 4 is 11.6 Å². The molecule has 12 heavy (non-hydrogen) atoms. The van der Waals surface area contributed by atoms with Gasteiger partial charge >= 0.3 is 0 Å². The fourth-order valence-corrected chi connectivity index (χ4v) is 1.14. The minimum Gasteiger partial charge on any atom is -0.447 e. The van der Waals surface area contributed by atoms with Crippen molar-refractivity contribution < 1.29 is 9.52 Å². The Morgan fingerprint density at radius 2 is 2.25 bits per heavy atom. The molecule has 0 radical (unpaired) electrons. The third kappa shape index (κ3) is 2.02. The second-order valence-corrected chi connectivity index (χ2v) is 3.34. The van der Waals surface area contributed by atoms with E-state index in [2.05, 4.69) is 0 Å². The van der Waals surface area contributed by atoms with Crippen LogP contribution >= 0.6 is 11.6 Å². The van der Waals surface area contributed by atoms with E-state index in [0.717, 1.165) is 6.42 Å². The highest BCUT2D eigenvalue weighted by Crippen LogP contribution is 2.26. The second kappa shape index (κ2) is 3.97. The minimum atomic E-state index is -0.539. The van der Waals surface area contributed by atoms with Gasteiger partial charge in [0.15, 0.2) is 5.22 Å². The number of aliphatic hydroxyl groups excluding tert-OH is 1. The van der Waals surface area contributed by atoms with Crippen molar-refractivity contribution in [1.29, 1.82) is 0 Å². The fourth-order valence-electron chi connectivity index (χ4n) is 0.991. The molecule has 0 fully saturated rings. The van der Waals surface area contributed by atoms with Crippen molar-refractivity contribution in [2.24, 2.45) is 5.92 Å². The normalized spacial score (nSPS) is 16.0. The average Bonchev–Trinajstić information content (AvgIpc) is 2.49. The number of furan rings is 1. The number of rotatable bonds is 3. The lowest BCUT2D eigenvalue weighted by Crippen LogP contribution is -2.06. The Balaban J connectivity index is 2.70. The molecule has 3 heteroatoms. The SMILES string of the molecule is CCC(C)C(O)c1ccc(Cl)o1. The van der Waals surface area contributed by atoms with Crippen molar-refractivity contribution in [3.63, 3.8) is 0 Å². The molecule has 2 nitrogen and oxygen atoms in total. The van der Waals surface area contributed by atoms with Crippen LogP contribution in [0.15, 0.2) is 16.5 Å². The summed E-state index contributed by atoms with van der Waals surface area (Å²) in [6.07, 6.45) is 0.377. The van der Waals surface area contributed by atoms with Gasteiger partial charge in [0, 0.05) is 0 Å². The van der Waals surface area contributed by atoms with Gasteiger partial charge in [-0.05, 0) is 29.7 Å². The van der Waals surface area contributed by atoms with Crippen LogP contribution in [0, 0.1) is 5.92 Å². The zero-order valence-corrected chi connectivity index (χ0v) is 8.01. The molecule has 0 bridgehead atoms. The molecule has 0 spiro atoms. The lowest BCUT2D eigenvalue weighted by Gasteiger charge is -2.13. The smallest absolute Gasteiger partial charge is 0.193 e. The Morgan fingerprint density at radius 1 is 1.58 bits per heavy atom. The quantitative estimate of drug-likeness (QED) is 0.791. The Labute approximate surface area is 77.1 Å². The maximum absolute atomic E-state index is 9.65. The molecule has 0 aliphatic rings. The summed E-state index contributed by atoms with van der Waals surface area (Å²) in [6, 6.07) is 3.35. The zero-order chi connectivity index (χ0) is 9.14. The molecule has 1 N–H and O–H groups in total. The Hall–Kier alpha value is -0.470. The molecule has 0 amide bonds. The number of aliphatic hydroxyl groups is 1. The van der Waals surface area contributed by atoms with E-state index in [1.165, 1.54) is 0 Å². The molecule has 0 saturated heterocycles. The average molecular weight is 189 g/mol. The summed E-state index contributed by atoms with van der Waals surface area (Å²) in [5, 5.41) is 9.98. The van der Waals surface area contributed by atoms with E-state index in [0.29, 0.717) is 11.0 Å². The van der Waals surface area contributed by atoms with Crippen LogP contribution in [-0.2, 0) is 0 Å². The summed E-state index contributed by atoms with van der Waals surface area (Å²) in [7, 11) is 0. The summed E-state index contributed by atoms with van der Waals surface area (Å²) in [6.45, 7) is 4.00. The maximum atomic E-state index is 9.65. The van der Waals surface area contributed by atoms with Gasteiger partial charge in [-0.25, -0.2) is 0 Å². The first-order chi connectivity index (χ1) is 5.65. The molecule has 1 rings (SSSR count). The van der Waals surface area contributed by atoms with Gasteiger partial charge in [-0.2, -0.15) is 0 Å². The van der Waals surface area contributed by atoms with E-state index in [1.807, 2.05) is 13.8 Å². The van der Waals surface area contributed by atoms with E-state index >= 15 is 0 Å². The largest absolute Gasteiger partial charge is 0.447 e. The van der Waals surface area contributed by atoms with E-state index in [1.54, 1.807) is 12.1 Å². The minimum absolute atomic E-state index is 0.201. The lowest BCUT2D eigenvalue weighted by atomic mass is 10.0. The topological polar surface area (TPSA) is 33.4 Å². The first-order valence-corrected chi connectivity index (χ1v) is 4.46. The number of hydrogen-bond donors (Lipinski definition) is 1. The van der Waals surface area contributed by atoms with Crippen LogP contribution in [0.5, 0.6) is 0 Å². The molecule has 1 aromatic rings. The van der Waals surface area contributed by atoms with Crippen LogP contribution in [0.2, 0.25) is 5.22 Å². The highest BCUT2D eigenvalue weighted by molar-refractivity contribution is 6.28. The molecule has 2 atom stereocenters. The molecule has 2 unspecified atom stereocenters. The number of hydrogen-bond acceptors (Lipinski definition) is 2. The molecular weight excluding hydrogens is 176 g/mol. The maximum Gasteiger partial charge on any atom is 0.193 e. The van der Waals surface area contributed by atoms with E-state index < -0.39 is 6.10 Å². The van der Waals surface area contributed by atoms with Gasteiger partial charge in [-0.3, -0.25) is 0 Å². The summed E-state index contributed by atoms with van der Waals surface area (Å²) in [5.41, 5.74) is 0. The van der Waals surface area contributed by atoms with E-state index in [-0.39, 0.29) is 5.92 Å². The molecule has 0 aliphatic carbocycles. The van der Waals surface area contributed by atoms with Crippen LogP contribution in [0.25, 0.3) is 0 Å². The molecule has 0 aromatic carbocycles. The predicted octanol–water partition coefficient (Wildman–Crippen LogP) is 3.01. The van der Waals surface area contributed by atoms with Gasteiger partial charge < -0.3 is 9.52 Å². The van der Waals surface area contributed by atoms with Gasteiger partial charge in [0.1, 0.15) is 11.9 Å². The van der Waals surface area contributed by atoms with Gasteiger partial charge in [0.2, 0.25) is 0 Å². The van der Waals surface area contributed by atoms with Crippen LogP contribution < -0.4 is 0 Å². The Bertz CT molecular complexity index is 244. The fraction of sp³-hybridized carbons (Fsp3) is 0.556. The molecule has 1 aromatic heterocycles. The van der Waals surface area contributed by atoms with Crippen LogP contribution in [-0.4, -0.2) is 5.11 Å². The van der Waals surface area contributed by atoms with Crippen molar-refractivity contribution in [1.82, 2.24) is 0 Å². The van der Waals surface area contributed by atoms with Crippen molar-refractivity contribution in [2.75, 3.05) is 0 Å². The second-order valence-electron chi connectivity index (χ2n) is 2.97. The van der Waals surface area contributed by atoms with Crippen LogP contribution in [0.4, 0.5) is 0 Å². The van der Waals surface area contributed by atoms with E-state index in [4.69, 9.17) is 16.0 Å². The molecule has 68 valence electrons. The first kappa shape index (κ1) is 9.62. The van der Waals surface area contributed by atoms with Crippen molar-refractivity contribution in [3.8, 4) is 0 Å². The third-order valence-corrected chi connectivity index (χ3v) is 2.27. The first-order valence-electron chi connectivity index (χ1n) is 4.08. The monoisotopic (exact) mass is 188 g/mol. The standard InChI is InChI=1S/C9H13ClO2/c1-3-6(2)9(11)7-4-5-8(10)12-7/h4-6,9,11H,3H2,1-2H3. The highest BCUT2D eigenvalue weighted by atomic mass is 35.5. The Kier molecular flexibility index (Phi) is 3.18. The molecule has 0 aliphatic heterocycles. The van der Waals surface area contributed by atoms with Gasteiger partial charge in [-0.1, -0.05) is 20.3 Å². The Morgan fingerprint density at radius 3 is 2.67 bits per heavy atom. The highest BCUT2D eigenvalue weighted by Gasteiger charge is 2.17. The molecule has 0 saturated carbocycles. The van der Waals surface area contributed by atoms with Crippen LogP contribution in [0.1, 0.15) is 32.1 Å². The van der Waals surface area contributed by atoms with Gasteiger partial charge in [-0.15, -0.1) is 0 Å². The van der Waals surface area contributed by atoms with Crippen molar-refractivity contribution in [3.05, 3.63) is 23.1 Å². The van der Waals surface area contributed by atoms with E-state index in [9.17, 15) is 5.11 Å². The predicted molar refractivity (Wildman–Crippen MR) is 48.1 cm³/mol. The van der Waals surface area contributed by atoms with Gasteiger partial charge in [0.25, 0.3) is 0 Å². The lowest BCUT2D eigenvalue weighted by molar-refractivity contribution is 0.0924. The summed E-state index contributed by atoms with van der Waals surface area (Å²) >= 11 is 5.57. The molecule has 1 heterocycles.